The van der Waals surface area contributed by atoms with E-state index in [4.69, 9.17) is 4.99 Å². The van der Waals surface area contributed by atoms with Crippen molar-refractivity contribution in [1.82, 2.24) is 20.5 Å². The van der Waals surface area contributed by atoms with Gasteiger partial charge >= 0.3 is 0 Å². The third-order valence-electron chi connectivity index (χ3n) is 5.68. The van der Waals surface area contributed by atoms with Gasteiger partial charge < -0.3 is 20.4 Å². The molecule has 1 saturated carbocycles. The maximum absolute atomic E-state index is 12.8. The van der Waals surface area contributed by atoms with Gasteiger partial charge in [-0.15, -0.1) is 24.0 Å². The van der Waals surface area contributed by atoms with E-state index < -0.39 is 0 Å². The molecule has 1 aliphatic rings. The summed E-state index contributed by atoms with van der Waals surface area (Å²) < 4.78 is 0. The van der Waals surface area contributed by atoms with Gasteiger partial charge in [0, 0.05) is 46.5 Å². The quantitative estimate of drug-likeness (QED) is 0.292. The molecule has 170 valence electrons. The van der Waals surface area contributed by atoms with Gasteiger partial charge in [-0.2, -0.15) is 0 Å². The Morgan fingerprint density at radius 2 is 1.80 bits per heavy atom. The van der Waals surface area contributed by atoms with Gasteiger partial charge in [0.15, 0.2) is 5.96 Å². The van der Waals surface area contributed by atoms with Gasteiger partial charge in [-0.1, -0.05) is 18.9 Å². The van der Waals surface area contributed by atoms with Crippen LogP contribution in [0.2, 0.25) is 0 Å². The fourth-order valence-electron chi connectivity index (χ4n) is 4.00. The Labute approximate surface area is 199 Å². The molecule has 1 amide bonds. The largest absolute Gasteiger partial charge is 0.357 e. The molecule has 1 aromatic heterocycles. The standard InChI is InChI=1S/C22H38N6O.HI/c1-6-23-21(26-17-22(13-9-10-14-22)20(29)27(4)5)25-16-18-11-12-19(24-15-18)28(7-2)8-3;/h11-12,15H,6-10,13-14,16-17H2,1-5H3,(H2,23,25,26);1H. The van der Waals surface area contributed by atoms with Crippen LogP contribution in [0.4, 0.5) is 5.82 Å². The molecule has 1 aromatic rings. The number of guanidine groups is 1. The smallest absolute Gasteiger partial charge is 0.230 e. The summed E-state index contributed by atoms with van der Waals surface area (Å²) in [4.78, 5) is 26.0. The third kappa shape index (κ3) is 6.99. The molecule has 7 nitrogen and oxygen atoms in total. The van der Waals surface area contributed by atoms with Gasteiger partial charge in [0.05, 0.1) is 12.0 Å². The Hall–Kier alpha value is -1.58. The summed E-state index contributed by atoms with van der Waals surface area (Å²) in [5.41, 5.74) is 0.755. The molecule has 1 aliphatic carbocycles. The molecule has 0 aliphatic heterocycles. The van der Waals surface area contributed by atoms with Crippen molar-refractivity contribution in [2.45, 2.75) is 53.0 Å². The molecule has 1 fully saturated rings. The van der Waals surface area contributed by atoms with Crippen LogP contribution in [0.5, 0.6) is 0 Å². The number of nitrogens with one attached hydrogen (secondary N) is 2. The zero-order valence-corrected chi connectivity index (χ0v) is 21.5. The average Bonchev–Trinajstić information content (AvgIpc) is 3.21. The first-order chi connectivity index (χ1) is 14.0. The molecule has 2 N–H and O–H groups in total. The molecule has 0 radical (unpaired) electrons. The Morgan fingerprint density at radius 3 is 2.30 bits per heavy atom. The lowest BCUT2D eigenvalue weighted by atomic mass is 9.84. The zero-order valence-electron chi connectivity index (χ0n) is 19.2. The number of hydrogen-bond donors (Lipinski definition) is 2. The maximum Gasteiger partial charge on any atom is 0.230 e. The fourth-order valence-corrected chi connectivity index (χ4v) is 4.00. The van der Waals surface area contributed by atoms with Gasteiger partial charge in [-0.3, -0.25) is 4.79 Å². The first kappa shape index (κ1) is 26.5. The number of halogens is 1. The summed E-state index contributed by atoms with van der Waals surface area (Å²) in [5.74, 6) is 1.96. The third-order valence-corrected chi connectivity index (χ3v) is 5.68. The second-order valence-electron chi connectivity index (χ2n) is 7.93. The Bertz CT molecular complexity index is 667. The Balaban J connectivity index is 0.00000450. The van der Waals surface area contributed by atoms with Crippen LogP contribution >= 0.6 is 24.0 Å². The fraction of sp³-hybridized carbons (Fsp3) is 0.682. The molecule has 0 unspecified atom stereocenters. The number of pyridine rings is 1. The second-order valence-corrected chi connectivity index (χ2v) is 7.93. The Kier molecular flexibility index (Phi) is 11.4. The normalized spacial score (nSPS) is 15.3. The van der Waals surface area contributed by atoms with Gasteiger partial charge in [-0.25, -0.2) is 9.98 Å². The van der Waals surface area contributed by atoms with Crippen molar-refractivity contribution in [3.63, 3.8) is 0 Å². The highest BCUT2D eigenvalue weighted by atomic mass is 127. The highest BCUT2D eigenvalue weighted by molar-refractivity contribution is 14.0. The molecule has 0 spiro atoms. The number of carbonyl (C=O) groups is 1. The first-order valence-electron chi connectivity index (χ1n) is 10.9. The molecule has 0 bridgehead atoms. The van der Waals surface area contributed by atoms with E-state index in [9.17, 15) is 4.79 Å². The van der Waals surface area contributed by atoms with E-state index >= 15 is 0 Å². The minimum atomic E-state index is -0.313. The molecule has 1 heterocycles. The minimum Gasteiger partial charge on any atom is -0.357 e. The molecule has 30 heavy (non-hydrogen) atoms. The van der Waals surface area contributed by atoms with E-state index in [2.05, 4.69) is 46.5 Å². The van der Waals surface area contributed by atoms with E-state index in [0.717, 1.165) is 62.7 Å². The summed E-state index contributed by atoms with van der Waals surface area (Å²) in [5, 5.41) is 6.72. The number of anilines is 1. The summed E-state index contributed by atoms with van der Waals surface area (Å²) in [7, 11) is 3.69. The lowest BCUT2D eigenvalue weighted by Gasteiger charge is -2.31. The van der Waals surface area contributed by atoms with E-state index in [-0.39, 0.29) is 35.3 Å². The highest BCUT2D eigenvalue weighted by Gasteiger charge is 2.42. The number of aromatic nitrogens is 1. The number of amides is 1. The van der Waals surface area contributed by atoms with Crippen molar-refractivity contribution in [2.75, 3.05) is 45.2 Å². The van der Waals surface area contributed by atoms with Crippen molar-refractivity contribution < 1.29 is 4.79 Å². The number of aliphatic imine (C=N–C) groups is 1. The van der Waals surface area contributed by atoms with E-state index in [1.54, 1.807) is 4.90 Å². The summed E-state index contributed by atoms with van der Waals surface area (Å²) in [6.07, 6.45) is 5.99. The lowest BCUT2D eigenvalue weighted by Crippen LogP contribution is -2.49. The topological polar surface area (TPSA) is 72.9 Å². The lowest BCUT2D eigenvalue weighted by molar-refractivity contribution is -0.138. The van der Waals surface area contributed by atoms with Gasteiger partial charge in [-0.05, 0) is 45.2 Å². The first-order valence-corrected chi connectivity index (χ1v) is 10.9. The predicted molar refractivity (Wildman–Crippen MR) is 136 cm³/mol. The number of carbonyl (C=O) groups excluding carboxylic acids is 1. The highest BCUT2D eigenvalue weighted by Crippen LogP contribution is 2.38. The number of hydrogen-bond acceptors (Lipinski definition) is 4. The zero-order chi connectivity index (χ0) is 21.3. The van der Waals surface area contributed by atoms with Crippen molar-refractivity contribution in [3.8, 4) is 0 Å². The monoisotopic (exact) mass is 530 g/mol. The van der Waals surface area contributed by atoms with Gasteiger partial charge in [0.2, 0.25) is 5.91 Å². The summed E-state index contributed by atoms with van der Waals surface area (Å²) in [6.45, 7) is 10.2. The molecular weight excluding hydrogens is 491 g/mol. The van der Waals surface area contributed by atoms with Gasteiger partial charge in [0.25, 0.3) is 0 Å². The Morgan fingerprint density at radius 1 is 1.13 bits per heavy atom. The minimum absolute atomic E-state index is 0. The van der Waals surface area contributed by atoms with Crippen LogP contribution in [-0.2, 0) is 11.3 Å². The van der Waals surface area contributed by atoms with Crippen LogP contribution in [-0.4, -0.2) is 62.0 Å². The van der Waals surface area contributed by atoms with Crippen molar-refractivity contribution in [3.05, 3.63) is 23.9 Å². The summed E-state index contributed by atoms with van der Waals surface area (Å²) in [6, 6.07) is 4.14. The van der Waals surface area contributed by atoms with E-state index in [0.29, 0.717) is 13.1 Å². The SMILES string of the molecule is CCNC(=NCc1ccc(N(CC)CC)nc1)NCC1(C(=O)N(C)C)CCCC1.I. The molecule has 8 heteroatoms. The van der Waals surface area contributed by atoms with Crippen LogP contribution in [0.15, 0.2) is 23.3 Å². The second kappa shape index (κ2) is 13.0. The maximum atomic E-state index is 12.8. The predicted octanol–water partition coefficient (Wildman–Crippen LogP) is 3.25. The van der Waals surface area contributed by atoms with Crippen molar-refractivity contribution in [2.24, 2.45) is 10.4 Å². The van der Waals surface area contributed by atoms with Crippen LogP contribution in [0, 0.1) is 5.41 Å². The van der Waals surface area contributed by atoms with Crippen LogP contribution in [0.25, 0.3) is 0 Å². The van der Waals surface area contributed by atoms with E-state index in [1.807, 2.05) is 27.2 Å². The molecule has 0 saturated heterocycles. The van der Waals surface area contributed by atoms with Crippen LogP contribution in [0.3, 0.4) is 0 Å². The molecule has 0 aromatic carbocycles. The average molecular weight is 530 g/mol. The van der Waals surface area contributed by atoms with Crippen LogP contribution < -0.4 is 15.5 Å². The van der Waals surface area contributed by atoms with Crippen LogP contribution in [0.1, 0.15) is 52.0 Å². The van der Waals surface area contributed by atoms with Crippen molar-refractivity contribution in [1.29, 1.82) is 0 Å². The molecular formula is C22H39IN6O. The summed E-state index contributed by atoms with van der Waals surface area (Å²) >= 11 is 0. The number of rotatable bonds is 9. The number of nitrogens with zero attached hydrogens (tertiary/aromatic N) is 4. The molecule has 0 atom stereocenters. The molecule has 2 rings (SSSR count). The van der Waals surface area contributed by atoms with E-state index in [1.165, 1.54) is 0 Å². The van der Waals surface area contributed by atoms with Crippen molar-refractivity contribution >= 4 is 41.7 Å². The van der Waals surface area contributed by atoms with Gasteiger partial charge in [0.1, 0.15) is 5.82 Å².